The van der Waals surface area contributed by atoms with Crippen molar-refractivity contribution in [2.75, 3.05) is 46.4 Å². The number of carbonyl (C=O) groups excluding carboxylic acids is 1. The number of thiophene rings is 1. The number of nitrogens with one attached hydrogen (secondary N) is 1. The molecular weight excluding hydrogens is 322 g/mol. The molecule has 1 aliphatic heterocycles. The van der Waals surface area contributed by atoms with E-state index in [1.807, 2.05) is 24.0 Å². The van der Waals surface area contributed by atoms with Gasteiger partial charge in [-0.15, -0.1) is 11.3 Å². The molecule has 1 aromatic heterocycles. The minimum atomic E-state index is -0.0159. The lowest BCUT2D eigenvalue weighted by Crippen LogP contribution is -2.43. The van der Waals surface area contributed by atoms with Crippen molar-refractivity contribution in [1.82, 2.24) is 15.1 Å². The van der Waals surface area contributed by atoms with E-state index in [4.69, 9.17) is 16.3 Å². The first-order valence-electron chi connectivity index (χ1n) is 7.62. The molecule has 0 unspecified atom stereocenters. The maximum absolute atomic E-state index is 12.4. The van der Waals surface area contributed by atoms with Gasteiger partial charge >= 0.3 is 6.03 Å². The third-order valence-electron chi connectivity index (χ3n) is 3.85. The zero-order chi connectivity index (χ0) is 15.9. The Bertz CT molecular complexity index is 483. The highest BCUT2D eigenvalue weighted by molar-refractivity contribution is 7.16. The number of rotatable bonds is 5. The van der Waals surface area contributed by atoms with E-state index in [1.54, 1.807) is 7.11 Å². The maximum atomic E-state index is 12.4. The summed E-state index contributed by atoms with van der Waals surface area (Å²) < 4.78 is 5.87. The molecule has 5 nitrogen and oxygen atoms in total. The fourth-order valence-electron chi connectivity index (χ4n) is 2.53. The molecule has 0 bridgehead atoms. The van der Waals surface area contributed by atoms with E-state index in [2.05, 4.69) is 10.2 Å². The van der Waals surface area contributed by atoms with Gasteiger partial charge in [0, 0.05) is 38.2 Å². The Kier molecular flexibility index (Phi) is 6.95. The molecule has 22 heavy (non-hydrogen) atoms. The molecule has 1 saturated heterocycles. The molecule has 0 aliphatic carbocycles. The molecular formula is C15H24ClN3O2S. The molecule has 124 valence electrons. The average Bonchev–Trinajstić information content (AvgIpc) is 2.80. The van der Waals surface area contributed by atoms with Crippen LogP contribution in [0.5, 0.6) is 0 Å². The topological polar surface area (TPSA) is 44.8 Å². The summed E-state index contributed by atoms with van der Waals surface area (Å²) in [4.78, 5) is 17.7. The molecule has 1 fully saturated rings. The van der Waals surface area contributed by atoms with Crippen LogP contribution < -0.4 is 5.32 Å². The quantitative estimate of drug-likeness (QED) is 0.892. The van der Waals surface area contributed by atoms with Crippen molar-refractivity contribution in [2.45, 2.75) is 19.4 Å². The highest BCUT2D eigenvalue weighted by Gasteiger charge is 2.20. The minimum absolute atomic E-state index is 0.00520. The van der Waals surface area contributed by atoms with Crippen molar-refractivity contribution >= 4 is 29.0 Å². The molecule has 1 atom stereocenters. The Hall–Kier alpha value is -0.820. The third kappa shape index (κ3) is 5.12. The van der Waals surface area contributed by atoms with E-state index in [-0.39, 0.29) is 12.1 Å². The highest BCUT2D eigenvalue weighted by atomic mass is 35.5. The number of urea groups is 1. The number of methoxy groups -OCH3 is 1. The fourth-order valence-corrected chi connectivity index (χ4v) is 3.59. The molecule has 7 heteroatoms. The summed E-state index contributed by atoms with van der Waals surface area (Å²) in [5.41, 5.74) is 0. The Morgan fingerprint density at radius 1 is 1.41 bits per heavy atom. The van der Waals surface area contributed by atoms with E-state index in [0.717, 1.165) is 55.0 Å². The number of hydrogen-bond donors (Lipinski definition) is 1. The van der Waals surface area contributed by atoms with Crippen LogP contribution in [0.2, 0.25) is 4.34 Å². The lowest BCUT2D eigenvalue weighted by Gasteiger charge is -2.24. The fraction of sp³-hybridized carbons (Fsp3) is 0.667. The largest absolute Gasteiger partial charge is 0.383 e. The van der Waals surface area contributed by atoms with Crippen LogP contribution in [0.25, 0.3) is 0 Å². The molecule has 1 aliphatic rings. The van der Waals surface area contributed by atoms with Crippen molar-refractivity contribution in [2.24, 2.45) is 0 Å². The Balaban J connectivity index is 1.82. The second-order valence-electron chi connectivity index (χ2n) is 5.49. The van der Waals surface area contributed by atoms with Crippen molar-refractivity contribution in [1.29, 1.82) is 0 Å². The predicted molar refractivity (Wildman–Crippen MR) is 90.8 cm³/mol. The van der Waals surface area contributed by atoms with Crippen molar-refractivity contribution in [3.63, 3.8) is 0 Å². The van der Waals surface area contributed by atoms with Crippen LogP contribution >= 0.6 is 22.9 Å². The number of amides is 2. The lowest BCUT2D eigenvalue weighted by atomic mass is 10.3. The average molecular weight is 346 g/mol. The Labute approximate surface area is 141 Å². The summed E-state index contributed by atoms with van der Waals surface area (Å²) in [5, 5.41) is 3.06. The normalized spacial score (nSPS) is 18.0. The summed E-state index contributed by atoms with van der Waals surface area (Å²) >= 11 is 7.46. The Morgan fingerprint density at radius 2 is 2.23 bits per heavy atom. The summed E-state index contributed by atoms with van der Waals surface area (Å²) in [6.07, 6.45) is 0.996. The van der Waals surface area contributed by atoms with E-state index >= 15 is 0 Å². The Morgan fingerprint density at radius 3 is 2.91 bits per heavy atom. The second kappa shape index (κ2) is 8.72. The van der Waals surface area contributed by atoms with Gasteiger partial charge in [0.15, 0.2) is 0 Å². The van der Waals surface area contributed by atoms with Gasteiger partial charge in [-0.25, -0.2) is 4.79 Å². The molecule has 1 aromatic rings. The van der Waals surface area contributed by atoms with E-state index in [0.29, 0.717) is 0 Å². The molecule has 0 saturated carbocycles. The van der Waals surface area contributed by atoms with Crippen LogP contribution in [0.4, 0.5) is 4.79 Å². The summed E-state index contributed by atoms with van der Waals surface area (Å²) in [6.45, 7) is 7.13. The van der Waals surface area contributed by atoms with Gasteiger partial charge in [0.2, 0.25) is 0 Å². The summed E-state index contributed by atoms with van der Waals surface area (Å²) in [6, 6.07) is 3.82. The van der Waals surface area contributed by atoms with E-state index < -0.39 is 0 Å². The van der Waals surface area contributed by atoms with Crippen LogP contribution in [0.15, 0.2) is 12.1 Å². The van der Waals surface area contributed by atoms with Crippen molar-refractivity contribution in [3.05, 3.63) is 21.3 Å². The zero-order valence-corrected chi connectivity index (χ0v) is 14.8. The monoisotopic (exact) mass is 345 g/mol. The first-order chi connectivity index (χ1) is 10.6. The molecule has 2 heterocycles. The maximum Gasteiger partial charge on any atom is 0.317 e. The number of carbonyl (C=O) groups is 1. The van der Waals surface area contributed by atoms with E-state index in [1.165, 1.54) is 11.3 Å². The molecule has 2 rings (SSSR count). The predicted octanol–water partition coefficient (Wildman–Crippen LogP) is 2.83. The summed E-state index contributed by atoms with van der Waals surface area (Å²) in [7, 11) is 1.72. The molecule has 1 N–H and O–H groups in total. The van der Waals surface area contributed by atoms with Crippen LogP contribution in [0.3, 0.4) is 0 Å². The minimum Gasteiger partial charge on any atom is -0.383 e. The van der Waals surface area contributed by atoms with Crippen LogP contribution in [0, 0.1) is 0 Å². The zero-order valence-electron chi connectivity index (χ0n) is 13.2. The van der Waals surface area contributed by atoms with Crippen LogP contribution in [-0.4, -0.2) is 62.3 Å². The smallest absolute Gasteiger partial charge is 0.317 e. The van der Waals surface area contributed by atoms with Gasteiger partial charge in [-0.2, -0.15) is 0 Å². The molecule has 2 amide bonds. The van der Waals surface area contributed by atoms with Gasteiger partial charge in [-0.1, -0.05) is 11.6 Å². The lowest BCUT2D eigenvalue weighted by molar-refractivity contribution is 0.149. The second-order valence-corrected chi connectivity index (χ2v) is 7.23. The first-order valence-corrected chi connectivity index (χ1v) is 8.81. The van der Waals surface area contributed by atoms with Crippen molar-refractivity contribution < 1.29 is 9.53 Å². The van der Waals surface area contributed by atoms with Crippen molar-refractivity contribution in [3.8, 4) is 0 Å². The van der Waals surface area contributed by atoms with Gasteiger partial charge in [-0.3, -0.25) is 4.90 Å². The van der Waals surface area contributed by atoms with Gasteiger partial charge in [-0.05, 0) is 32.0 Å². The van der Waals surface area contributed by atoms with E-state index in [9.17, 15) is 4.79 Å². The summed E-state index contributed by atoms with van der Waals surface area (Å²) in [5.74, 6) is 0. The van der Waals surface area contributed by atoms with Crippen LogP contribution in [0.1, 0.15) is 24.3 Å². The third-order valence-corrected chi connectivity index (χ3v) is 5.26. The molecule has 0 spiro atoms. The number of halogens is 1. The molecule has 0 aromatic carbocycles. The highest BCUT2D eigenvalue weighted by Crippen LogP contribution is 2.26. The van der Waals surface area contributed by atoms with Gasteiger partial charge < -0.3 is 15.0 Å². The van der Waals surface area contributed by atoms with Gasteiger partial charge in [0.1, 0.15) is 0 Å². The van der Waals surface area contributed by atoms with Crippen LogP contribution in [-0.2, 0) is 4.74 Å². The molecule has 0 radical (unpaired) electrons. The SMILES string of the molecule is COCCN1CCCN(C(=O)N[C@@H](C)c2ccc(Cl)s2)CC1. The number of hydrogen-bond acceptors (Lipinski definition) is 4. The van der Waals surface area contributed by atoms with Gasteiger partial charge in [0.05, 0.1) is 17.0 Å². The number of nitrogens with zero attached hydrogens (tertiary/aromatic N) is 2. The standard InChI is InChI=1S/C15H24ClN3O2S/c1-12(13-4-5-14(16)22-13)17-15(20)19-7-3-6-18(8-9-19)10-11-21-2/h4-5,12H,3,6-11H2,1-2H3,(H,17,20)/t12-/m0/s1. The number of ether oxygens (including phenoxy) is 1. The first kappa shape index (κ1) is 17.5. The van der Waals surface area contributed by atoms with Gasteiger partial charge in [0.25, 0.3) is 0 Å².